The fourth-order valence-corrected chi connectivity index (χ4v) is 6.55. The van der Waals surface area contributed by atoms with E-state index < -0.39 is 22.8 Å². The second kappa shape index (κ2) is 10.8. The topological polar surface area (TPSA) is 54.0 Å². The Morgan fingerprint density at radius 2 is 1.84 bits per heavy atom. The monoisotopic (exact) mass is 553 g/mol. The number of rotatable bonds is 6. The molecule has 2 aromatic rings. The highest BCUT2D eigenvalue weighted by Gasteiger charge is 2.52. The minimum Gasteiger partial charge on any atom is -0.493 e. The van der Waals surface area contributed by atoms with Crippen LogP contribution in [0.15, 0.2) is 36.4 Å². The van der Waals surface area contributed by atoms with Crippen molar-refractivity contribution in [2.45, 2.75) is 69.2 Å². The first kappa shape index (κ1) is 28.4. The lowest BCUT2D eigenvalue weighted by atomic mass is 9.64. The second-order valence-corrected chi connectivity index (χ2v) is 10.9. The number of hydrogen-bond acceptors (Lipinski definition) is 4. The van der Waals surface area contributed by atoms with E-state index >= 15 is 0 Å². The van der Waals surface area contributed by atoms with E-state index in [9.17, 15) is 18.0 Å². The summed E-state index contributed by atoms with van der Waals surface area (Å²) in [6.07, 6.45) is -1.21. The van der Waals surface area contributed by atoms with Crippen LogP contribution >= 0.6 is 11.6 Å². The van der Waals surface area contributed by atoms with Gasteiger partial charge in [-0.25, -0.2) is 4.79 Å². The maximum absolute atomic E-state index is 13.4. The third-order valence-corrected chi connectivity index (χ3v) is 8.49. The van der Waals surface area contributed by atoms with Crippen LogP contribution in [-0.4, -0.2) is 61.8 Å². The molecule has 0 aromatic heterocycles. The third-order valence-electron chi connectivity index (χ3n) is 8.17. The van der Waals surface area contributed by atoms with E-state index in [4.69, 9.17) is 21.1 Å². The summed E-state index contributed by atoms with van der Waals surface area (Å²) in [6, 6.07) is 9.12. The van der Waals surface area contributed by atoms with E-state index in [-0.39, 0.29) is 29.2 Å². The zero-order chi connectivity index (χ0) is 27.8. The number of hydrogen-bond donors (Lipinski definition) is 1. The normalized spacial score (nSPS) is 23.7. The number of ether oxygens (including phenoxy) is 2. The molecule has 2 aliphatic rings. The lowest BCUT2D eigenvalue weighted by Gasteiger charge is -2.48. The van der Waals surface area contributed by atoms with Crippen LogP contribution < -0.4 is 14.8 Å². The Labute approximate surface area is 227 Å². The van der Waals surface area contributed by atoms with E-state index in [0.29, 0.717) is 11.5 Å². The van der Waals surface area contributed by atoms with Crippen LogP contribution in [0.25, 0.3) is 0 Å². The fourth-order valence-electron chi connectivity index (χ4n) is 6.33. The van der Waals surface area contributed by atoms with Crippen molar-refractivity contribution in [2.24, 2.45) is 0 Å². The number of urea groups is 1. The van der Waals surface area contributed by atoms with Gasteiger partial charge in [0.1, 0.15) is 0 Å². The summed E-state index contributed by atoms with van der Waals surface area (Å²) in [5.41, 5.74) is 0.204. The first-order valence-corrected chi connectivity index (χ1v) is 13.2. The van der Waals surface area contributed by atoms with Crippen molar-refractivity contribution in [2.75, 3.05) is 33.1 Å². The van der Waals surface area contributed by atoms with Crippen LogP contribution in [-0.2, 0) is 11.6 Å². The summed E-state index contributed by atoms with van der Waals surface area (Å²) in [4.78, 5) is 17.6. The molecule has 0 bridgehead atoms. The molecule has 208 valence electrons. The van der Waals surface area contributed by atoms with Gasteiger partial charge in [-0.05, 0) is 89.0 Å². The van der Waals surface area contributed by atoms with Gasteiger partial charge < -0.3 is 24.6 Å². The largest absolute Gasteiger partial charge is 0.493 e. The van der Waals surface area contributed by atoms with E-state index in [2.05, 4.69) is 29.4 Å². The number of nitrogens with zero attached hydrogens (tertiary/aromatic N) is 2. The Morgan fingerprint density at radius 3 is 2.47 bits per heavy atom. The maximum Gasteiger partial charge on any atom is 0.417 e. The molecular formula is C28H35ClF3N3O3. The lowest BCUT2D eigenvalue weighted by Crippen LogP contribution is -2.55. The quantitative estimate of drug-likeness (QED) is 0.427. The van der Waals surface area contributed by atoms with Gasteiger partial charge in [0.2, 0.25) is 0 Å². The van der Waals surface area contributed by atoms with E-state index in [1.807, 2.05) is 19.9 Å². The van der Waals surface area contributed by atoms with Crippen molar-refractivity contribution in [3.8, 4) is 11.5 Å². The van der Waals surface area contributed by atoms with Crippen LogP contribution in [0.5, 0.6) is 11.5 Å². The van der Waals surface area contributed by atoms with Crippen LogP contribution in [0.2, 0.25) is 5.02 Å². The molecular weight excluding hydrogens is 519 g/mol. The number of benzene rings is 2. The van der Waals surface area contributed by atoms with Gasteiger partial charge in [0, 0.05) is 29.2 Å². The van der Waals surface area contributed by atoms with E-state index in [1.54, 1.807) is 19.1 Å². The Bertz CT molecular complexity index is 1180. The molecule has 1 saturated heterocycles. The number of anilines is 1. The summed E-state index contributed by atoms with van der Waals surface area (Å²) < 4.78 is 51.0. The number of nitrogens with one attached hydrogen (secondary N) is 1. The third kappa shape index (κ3) is 5.27. The SMILES string of the molecule is COc1ccc([C@@]23CC[C@H](N(C(=O)Nc4ccc(Cl)c(C(F)(F)F)c4)C(C)C)C[C@H]2N(C)CC3)cc1OC. The van der Waals surface area contributed by atoms with Gasteiger partial charge >= 0.3 is 12.2 Å². The van der Waals surface area contributed by atoms with Crippen molar-refractivity contribution in [1.82, 2.24) is 9.80 Å². The predicted molar refractivity (Wildman–Crippen MR) is 142 cm³/mol. The van der Waals surface area contributed by atoms with Gasteiger partial charge in [-0.1, -0.05) is 17.7 Å². The first-order valence-electron chi connectivity index (χ1n) is 12.8. The number of carbonyl (C=O) groups excluding carboxylic acids is 1. The molecule has 1 heterocycles. The van der Waals surface area contributed by atoms with Crippen LogP contribution in [0.4, 0.5) is 23.7 Å². The molecule has 0 radical (unpaired) electrons. The van der Waals surface area contributed by atoms with Gasteiger partial charge in [0.25, 0.3) is 0 Å². The highest BCUT2D eigenvalue weighted by atomic mass is 35.5. The zero-order valence-corrected chi connectivity index (χ0v) is 23.1. The van der Waals surface area contributed by atoms with Gasteiger partial charge in [-0.3, -0.25) is 0 Å². The molecule has 1 N–H and O–H groups in total. The first-order chi connectivity index (χ1) is 17.9. The highest BCUT2D eigenvalue weighted by molar-refractivity contribution is 6.31. The molecule has 1 saturated carbocycles. The molecule has 6 nitrogen and oxygen atoms in total. The summed E-state index contributed by atoms with van der Waals surface area (Å²) in [5, 5.41) is 2.28. The number of methoxy groups -OCH3 is 2. The summed E-state index contributed by atoms with van der Waals surface area (Å²) in [7, 11) is 5.36. The molecule has 38 heavy (non-hydrogen) atoms. The zero-order valence-electron chi connectivity index (χ0n) is 22.4. The molecule has 0 unspecified atom stereocenters. The Kier molecular flexibility index (Phi) is 8.09. The highest BCUT2D eigenvalue weighted by Crippen LogP contribution is 2.51. The molecule has 2 fully saturated rings. The van der Waals surface area contributed by atoms with E-state index in [1.165, 1.54) is 11.6 Å². The van der Waals surface area contributed by atoms with Crippen molar-refractivity contribution in [3.63, 3.8) is 0 Å². The fraction of sp³-hybridized carbons (Fsp3) is 0.536. The predicted octanol–water partition coefficient (Wildman–Crippen LogP) is 6.81. The number of amides is 2. The molecule has 1 aliphatic heterocycles. The smallest absolute Gasteiger partial charge is 0.417 e. The van der Waals surface area contributed by atoms with Gasteiger partial charge in [0.05, 0.1) is 24.8 Å². The van der Waals surface area contributed by atoms with Crippen molar-refractivity contribution < 1.29 is 27.4 Å². The van der Waals surface area contributed by atoms with Crippen molar-refractivity contribution in [1.29, 1.82) is 0 Å². The van der Waals surface area contributed by atoms with Crippen molar-refractivity contribution >= 4 is 23.3 Å². The molecule has 2 amide bonds. The molecule has 1 aliphatic carbocycles. The molecule has 10 heteroatoms. The summed E-state index contributed by atoms with van der Waals surface area (Å²) >= 11 is 5.75. The van der Waals surface area contributed by atoms with Gasteiger partial charge in [0.15, 0.2) is 11.5 Å². The number of fused-ring (bicyclic) bond motifs is 1. The van der Waals surface area contributed by atoms with E-state index in [0.717, 1.165) is 44.4 Å². The Morgan fingerprint density at radius 1 is 1.13 bits per heavy atom. The lowest BCUT2D eigenvalue weighted by molar-refractivity contribution is -0.137. The van der Waals surface area contributed by atoms with Crippen LogP contribution in [0.3, 0.4) is 0 Å². The number of carbonyl (C=O) groups is 1. The average molecular weight is 554 g/mol. The minimum atomic E-state index is -4.61. The molecule has 2 aromatic carbocycles. The van der Waals surface area contributed by atoms with Gasteiger partial charge in [-0.15, -0.1) is 0 Å². The maximum atomic E-state index is 13.4. The standard InChI is InChI=1S/C28H35ClF3N3O3/c1-17(2)35(26(36)33-19-7-8-22(29)21(15-19)28(30,31)32)20-10-11-27(12-13-34(3)25(27)16-20)18-6-9-23(37-4)24(14-18)38-5/h6-9,14-15,17,20,25H,10-13,16H2,1-5H3,(H,33,36)/t20-,25+,27-/m0/s1. The number of halogens is 4. The molecule has 0 spiro atoms. The number of alkyl halides is 3. The van der Waals surface area contributed by atoms with Crippen molar-refractivity contribution in [3.05, 3.63) is 52.5 Å². The number of likely N-dealkylation sites (tertiary alicyclic amines) is 1. The average Bonchev–Trinajstić information content (AvgIpc) is 3.21. The Balaban J connectivity index is 1.58. The molecule has 3 atom stereocenters. The summed E-state index contributed by atoms with van der Waals surface area (Å²) in [5.74, 6) is 1.38. The Hall–Kier alpha value is -2.65. The minimum absolute atomic E-state index is 0.0610. The van der Waals surface area contributed by atoms with Gasteiger partial charge in [-0.2, -0.15) is 13.2 Å². The molecule has 4 rings (SSSR count). The van der Waals surface area contributed by atoms with Crippen LogP contribution in [0, 0.1) is 0 Å². The number of likely N-dealkylation sites (N-methyl/N-ethyl adjacent to an activating group) is 1. The van der Waals surface area contributed by atoms with Crippen LogP contribution in [0.1, 0.15) is 50.7 Å². The summed E-state index contributed by atoms with van der Waals surface area (Å²) in [6.45, 7) is 4.79. The second-order valence-electron chi connectivity index (χ2n) is 10.5.